The monoisotopic (exact) mass is 271 g/mol. The fourth-order valence-corrected chi connectivity index (χ4v) is 2.51. The van der Waals surface area contributed by atoms with Crippen LogP contribution in [0.3, 0.4) is 0 Å². The zero-order valence-electron chi connectivity index (χ0n) is 11.3. The van der Waals surface area contributed by atoms with Gasteiger partial charge in [-0.2, -0.15) is 0 Å². The van der Waals surface area contributed by atoms with Gasteiger partial charge in [0, 0.05) is 22.8 Å². The van der Waals surface area contributed by atoms with Crippen molar-refractivity contribution in [3.8, 4) is 11.4 Å². The van der Waals surface area contributed by atoms with Crippen LogP contribution in [0, 0.1) is 0 Å². The summed E-state index contributed by atoms with van der Waals surface area (Å²) >= 11 is 0. The highest BCUT2D eigenvalue weighted by molar-refractivity contribution is 5.87. The predicted molar refractivity (Wildman–Crippen MR) is 86.9 cm³/mol. The Hall–Kier alpha value is -2.94. The molecule has 0 amide bonds. The van der Waals surface area contributed by atoms with Gasteiger partial charge in [0.25, 0.3) is 0 Å². The van der Waals surface area contributed by atoms with Crippen LogP contribution >= 0.6 is 0 Å². The maximum absolute atomic E-state index is 5.83. The number of anilines is 1. The molecule has 0 spiro atoms. The van der Waals surface area contributed by atoms with Gasteiger partial charge >= 0.3 is 0 Å². The molecule has 4 rings (SSSR count). The maximum atomic E-state index is 5.83. The molecule has 3 aromatic carbocycles. The third-order valence-electron chi connectivity index (χ3n) is 3.61. The number of rotatable bonds is 1. The van der Waals surface area contributed by atoms with E-state index in [1.54, 1.807) is 0 Å². The molecule has 1 aromatic heterocycles. The molecule has 0 bridgehead atoms. The topological polar surface area (TPSA) is 51.8 Å². The molecule has 1 heterocycles. The summed E-state index contributed by atoms with van der Waals surface area (Å²) in [6.45, 7) is 0. The molecule has 3 nitrogen and oxygen atoms in total. The average Bonchev–Trinajstić information content (AvgIpc) is 2.53. The Labute approximate surface area is 122 Å². The van der Waals surface area contributed by atoms with Crippen LogP contribution in [-0.4, -0.2) is 9.97 Å². The normalized spacial score (nSPS) is 11.0. The van der Waals surface area contributed by atoms with E-state index in [1.807, 2.05) is 36.5 Å². The van der Waals surface area contributed by atoms with Crippen molar-refractivity contribution in [3.05, 3.63) is 66.9 Å². The van der Waals surface area contributed by atoms with Crippen LogP contribution in [0.4, 0.5) is 5.69 Å². The highest BCUT2D eigenvalue weighted by atomic mass is 14.9. The summed E-state index contributed by atoms with van der Waals surface area (Å²) in [6, 6.07) is 20.2. The highest BCUT2D eigenvalue weighted by Crippen LogP contribution is 2.23. The molecule has 0 aliphatic heterocycles. The van der Waals surface area contributed by atoms with Crippen molar-refractivity contribution in [1.29, 1.82) is 0 Å². The van der Waals surface area contributed by atoms with Crippen molar-refractivity contribution in [2.75, 3.05) is 5.73 Å². The van der Waals surface area contributed by atoms with Gasteiger partial charge in [0.1, 0.15) is 0 Å². The number of benzene rings is 3. The first-order valence-electron chi connectivity index (χ1n) is 6.81. The Morgan fingerprint density at radius 2 is 1.57 bits per heavy atom. The Morgan fingerprint density at radius 1 is 0.762 bits per heavy atom. The van der Waals surface area contributed by atoms with Crippen molar-refractivity contribution in [2.45, 2.75) is 0 Å². The molecule has 2 N–H and O–H groups in total. The minimum atomic E-state index is 0.714. The number of hydrogen-bond donors (Lipinski definition) is 1. The van der Waals surface area contributed by atoms with E-state index in [4.69, 9.17) is 5.73 Å². The quantitative estimate of drug-likeness (QED) is 0.532. The van der Waals surface area contributed by atoms with Crippen LogP contribution in [0.15, 0.2) is 66.9 Å². The Kier molecular flexibility index (Phi) is 2.57. The Balaban J connectivity index is 1.90. The van der Waals surface area contributed by atoms with E-state index in [0.29, 0.717) is 5.69 Å². The second-order valence-electron chi connectivity index (χ2n) is 5.07. The standard InChI is InChI=1S/C18H13N3/c19-16-8-7-15-11-20-18(21-17(15)10-16)14-6-5-12-3-1-2-4-13(12)9-14/h1-11H,19H2. The lowest BCUT2D eigenvalue weighted by molar-refractivity contribution is 1.23. The van der Waals surface area contributed by atoms with Gasteiger partial charge in [-0.25, -0.2) is 9.97 Å². The lowest BCUT2D eigenvalue weighted by Gasteiger charge is -2.05. The molecule has 0 unspecified atom stereocenters. The fourth-order valence-electron chi connectivity index (χ4n) is 2.51. The molecular weight excluding hydrogens is 258 g/mol. The van der Waals surface area contributed by atoms with Gasteiger partial charge < -0.3 is 5.73 Å². The molecule has 0 fully saturated rings. The van der Waals surface area contributed by atoms with Crippen molar-refractivity contribution in [1.82, 2.24) is 9.97 Å². The summed E-state index contributed by atoms with van der Waals surface area (Å²) in [5.74, 6) is 0.721. The number of nitrogens with zero attached hydrogens (tertiary/aromatic N) is 2. The van der Waals surface area contributed by atoms with E-state index in [2.05, 4.69) is 40.3 Å². The largest absolute Gasteiger partial charge is 0.399 e. The Morgan fingerprint density at radius 3 is 2.48 bits per heavy atom. The molecule has 0 aliphatic carbocycles. The first-order valence-corrected chi connectivity index (χ1v) is 6.81. The van der Waals surface area contributed by atoms with Gasteiger partial charge in [0.15, 0.2) is 5.82 Å². The van der Waals surface area contributed by atoms with E-state index in [0.717, 1.165) is 22.3 Å². The van der Waals surface area contributed by atoms with Crippen LogP contribution in [0.25, 0.3) is 33.1 Å². The SMILES string of the molecule is Nc1ccc2cnc(-c3ccc4ccccc4c3)nc2c1. The third-order valence-corrected chi connectivity index (χ3v) is 3.61. The number of nitrogen functional groups attached to an aromatic ring is 1. The third kappa shape index (κ3) is 2.09. The molecular formula is C18H13N3. The van der Waals surface area contributed by atoms with Crippen LogP contribution in [0.2, 0.25) is 0 Å². The van der Waals surface area contributed by atoms with E-state index in [9.17, 15) is 0 Å². The van der Waals surface area contributed by atoms with Gasteiger partial charge in [-0.05, 0) is 35.0 Å². The van der Waals surface area contributed by atoms with Crippen LogP contribution in [0.1, 0.15) is 0 Å². The summed E-state index contributed by atoms with van der Waals surface area (Å²) < 4.78 is 0. The van der Waals surface area contributed by atoms with E-state index < -0.39 is 0 Å². The summed E-state index contributed by atoms with van der Waals surface area (Å²) in [5.41, 5.74) is 8.42. The van der Waals surface area contributed by atoms with Crippen molar-refractivity contribution >= 4 is 27.4 Å². The zero-order chi connectivity index (χ0) is 14.2. The van der Waals surface area contributed by atoms with Gasteiger partial charge in [0.05, 0.1) is 5.52 Å². The molecule has 0 atom stereocenters. The van der Waals surface area contributed by atoms with Crippen LogP contribution in [0.5, 0.6) is 0 Å². The Bertz CT molecular complexity index is 961. The molecule has 3 heteroatoms. The van der Waals surface area contributed by atoms with E-state index >= 15 is 0 Å². The van der Waals surface area contributed by atoms with Crippen molar-refractivity contribution in [3.63, 3.8) is 0 Å². The van der Waals surface area contributed by atoms with E-state index in [1.165, 1.54) is 10.8 Å². The molecule has 0 saturated carbocycles. The number of aromatic nitrogens is 2. The molecule has 0 radical (unpaired) electrons. The zero-order valence-corrected chi connectivity index (χ0v) is 11.3. The summed E-state index contributed by atoms with van der Waals surface area (Å²) in [4.78, 5) is 9.08. The van der Waals surface area contributed by atoms with Crippen molar-refractivity contribution in [2.24, 2.45) is 0 Å². The van der Waals surface area contributed by atoms with Crippen molar-refractivity contribution < 1.29 is 0 Å². The minimum Gasteiger partial charge on any atom is -0.399 e. The molecule has 0 saturated heterocycles. The van der Waals surface area contributed by atoms with Gasteiger partial charge in [-0.15, -0.1) is 0 Å². The lowest BCUT2D eigenvalue weighted by Crippen LogP contribution is -1.91. The van der Waals surface area contributed by atoms with Gasteiger partial charge in [-0.3, -0.25) is 0 Å². The highest BCUT2D eigenvalue weighted by Gasteiger charge is 2.04. The first kappa shape index (κ1) is 11.9. The average molecular weight is 271 g/mol. The summed E-state index contributed by atoms with van der Waals surface area (Å²) in [6.07, 6.45) is 1.84. The van der Waals surface area contributed by atoms with Crippen LogP contribution in [-0.2, 0) is 0 Å². The van der Waals surface area contributed by atoms with Gasteiger partial charge in [0.2, 0.25) is 0 Å². The molecule has 4 aromatic rings. The maximum Gasteiger partial charge on any atom is 0.159 e. The number of hydrogen-bond acceptors (Lipinski definition) is 3. The smallest absolute Gasteiger partial charge is 0.159 e. The summed E-state index contributed by atoms with van der Waals surface area (Å²) in [5, 5.41) is 3.39. The fraction of sp³-hybridized carbons (Fsp3) is 0. The lowest BCUT2D eigenvalue weighted by atomic mass is 10.1. The predicted octanol–water partition coefficient (Wildman–Crippen LogP) is 4.03. The van der Waals surface area contributed by atoms with Gasteiger partial charge in [-0.1, -0.05) is 36.4 Å². The summed E-state index contributed by atoms with van der Waals surface area (Å²) in [7, 11) is 0. The second-order valence-corrected chi connectivity index (χ2v) is 5.07. The molecule has 21 heavy (non-hydrogen) atoms. The number of nitrogens with two attached hydrogens (primary N) is 1. The molecule has 0 aliphatic rings. The van der Waals surface area contributed by atoms with E-state index in [-0.39, 0.29) is 0 Å². The first-order chi connectivity index (χ1) is 10.3. The minimum absolute atomic E-state index is 0.714. The number of fused-ring (bicyclic) bond motifs is 2. The molecule has 100 valence electrons. The second kappa shape index (κ2) is 4.56. The van der Waals surface area contributed by atoms with Crippen LogP contribution < -0.4 is 5.73 Å².